The molecule has 1 fully saturated rings. The van der Waals surface area contributed by atoms with E-state index < -0.39 is 18.2 Å². The van der Waals surface area contributed by atoms with Crippen LogP contribution < -0.4 is 0 Å². The topological polar surface area (TPSA) is 103 Å². The van der Waals surface area contributed by atoms with E-state index in [4.69, 9.17) is 14.9 Å². The van der Waals surface area contributed by atoms with Crippen LogP contribution in [0.3, 0.4) is 0 Å². The van der Waals surface area contributed by atoms with Crippen LogP contribution in [0, 0.1) is 5.92 Å². The molecule has 1 saturated carbocycles. The maximum atomic E-state index is 9.82. The van der Waals surface area contributed by atoms with Gasteiger partial charge in [0.25, 0.3) is 0 Å². The molecule has 5 atom stereocenters. The van der Waals surface area contributed by atoms with Crippen molar-refractivity contribution < 1.29 is 25.2 Å². The van der Waals surface area contributed by atoms with Gasteiger partial charge in [-0.25, -0.2) is 4.99 Å². The first kappa shape index (κ1) is 11.8. The fourth-order valence-corrected chi connectivity index (χ4v) is 2.33. The van der Waals surface area contributed by atoms with E-state index in [-0.39, 0.29) is 25.2 Å². The summed E-state index contributed by atoms with van der Waals surface area (Å²) in [5.41, 5.74) is 0. The molecular weight excluding hydrogens is 214 g/mol. The van der Waals surface area contributed by atoms with Crippen molar-refractivity contribution in [2.24, 2.45) is 10.9 Å². The Balaban J connectivity index is 2.08. The quantitative estimate of drug-likeness (QED) is 0.462. The van der Waals surface area contributed by atoms with Crippen LogP contribution in [0.25, 0.3) is 0 Å². The van der Waals surface area contributed by atoms with E-state index in [1.165, 1.54) is 0 Å². The Bertz CT molecular complexity index is 282. The molecule has 0 radical (unpaired) electrons. The number of aliphatic imine (C=N–C) groups is 1. The summed E-state index contributed by atoms with van der Waals surface area (Å²) in [5.74, 6) is 0.0438. The van der Waals surface area contributed by atoms with E-state index in [0.29, 0.717) is 18.7 Å². The van der Waals surface area contributed by atoms with Gasteiger partial charge in [0.15, 0.2) is 5.90 Å². The highest BCUT2D eigenvalue weighted by molar-refractivity contribution is 5.78. The molecule has 92 valence electrons. The standard InChI is InChI=1S/C10H17NO5/c12-2-1-7-11-8-6(16-7)3-5(4-13)9(14)10(8)15/h5-6,8-10,12-15H,1-4H2/t5-,6+,8+,9-,10-/m1/s1. The molecule has 16 heavy (non-hydrogen) atoms. The van der Waals surface area contributed by atoms with Gasteiger partial charge in [-0.15, -0.1) is 0 Å². The van der Waals surface area contributed by atoms with E-state index in [2.05, 4.69) is 4.99 Å². The lowest BCUT2D eigenvalue weighted by molar-refractivity contribution is -0.0947. The van der Waals surface area contributed by atoms with Gasteiger partial charge >= 0.3 is 0 Å². The first-order valence-electron chi connectivity index (χ1n) is 5.48. The summed E-state index contributed by atoms with van der Waals surface area (Å²) in [6.45, 7) is -0.236. The molecule has 4 N–H and O–H groups in total. The van der Waals surface area contributed by atoms with Crippen LogP contribution in [0.2, 0.25) is 0 Å². The van der Waals surface area contributed by atoms with Crippen molar-refractivity contribution in [2.45, 2.75) is 37.2 Å². The van der Waals surface area contributed by atoms with Gasteiger partial charge in [0.2, 0.25) is 0 Å². The number of rotatable bonds is 3. The van der Waals surface area contributed by atoms with E-state index in [1.54, 1.807) is 0 Å². The molecule has 1 aliphatic carbocycles. The zero-order chi connectivity index (χ0) is 11.7. The van der Waals surface area contributed by atoms with Crippen molar-refractivity contribution >= 4 is 5.90 Å². The van der Waals surface area contributed by atoms with Crippen molar-refractivity contribution in [3.8, 4) is 0 Å². The average molecular weight is 231 g/mol. The highest BCUT2D eigenvalue weighted by atomic mass is 16.5. The van der Waals surface area contributed by atoms with Gasteiger partial charge in [-0.2, -0.15) is 0 Å². The van der Waals surface area contributed by atoms with Crippen LogP contribution in [-0.2, 0) is 4.74 Å². The second kappa shape index (κ2) is 4.67. The molecule has 0 amide bonds. The summed E-state index contributed by atoms with van der Waals surface area (Å²) >= 11 is 0. The van der Waals surface area contributed by atoms with Crippen molar-refractivity contribution in [3.63, 3.8) is 0 Å². The SMILES string of the molecule is OCCC1=N[C@@H]2[C@@H](O)[C@H](O)[C@@H](CO)C[C@@H]2O1. The zero-order valence-corrected chi connectivity index (χ0v) is 8.86. The Hall–Kier alpha value is -0.690. The van der Waals surface area contributed by atoms with E-state index >= 15 is 0 Å². The molecule has 0 bridgehead atoms. The molecule has 2 rings (SSSR count). The second-order valence-electron chi connectivity index (χ2n) is 4.30. The third kappa shape index (κ3) is 1.93. The molecule has 0 unspecified atom stereocenters. The van der Waals surface area contributed by atoms with Crippen LogP contribution in [0.5, 0.6) is 0 Å². The third-order valence-electron chi connectivity index (χ3n) is 3.24. The maximum Gasteiger partial charge on any atom is 0.186 e. The lowest BCUT2D eigenvalue weighted by atomic mass is 9.80. The number of fused-ring (bicyclic) bond motifs is 1. The van der Waals surface area contributed by atoms with Crippen molar-refractivity contribution in [1.29, 1.82) is 0 Å². The normalized spacial score (nSPS) is 42.5. The lowest BCUT2D eigenvalue weighted by Gasteiger charge is -2.36. The predicted octanol–water partition coefficient (Wildman–Crippen LogP) is -1.73. The molecule has 0 aromatic rings. The molecule has 0 aromatic heterocycles. The van der Waals surface area contributed by atoms with Gasteiger partial charge in [0.1, 0.15) is 18.2 Å². The van der Waals surface area contributed by atoms with Gasteiger partial charge in [0.05, 0.1) is 12.7 Å². The number of ether oxygens (including phenoxy) is 1. The summed E-state index contributed by atoms with van der Waals surface area (Å²) in [7, 11) is 0. The molecule has 0 aromatic carbocycles. The molecule has 6 heteroatoms. The molecular formula is C10H17NO5. The summed E-state index contributed by atoms with van der Waals surface area (Å²) in [4.78, 5) is 4.14. The van der Waals surface area contributed by atoms with Crippen LogP contribution in [0.1, 0.15) is 12.8 Å². The monoisotopic (exact) mass is 231 g/mol. The Morgan fingerprint density at radius 2 is 2.00 bits per heavy atom. The van der Waals surface area contributed by atoms with Crippen LogP contribution in [0.15, 0.2) is 4.99 Å². The first-order valence-corrected chi connectivity index (χ1v) is 5.48. The molecule has 1 heterocycles. The second-order valence-corrected chi connectivity index (χ2v) is 4.30. The van der Waals surface area contributed by atoms with Gasteiger partial charge in [-0.1, -0.05) is 0 Å². The van der Waals surface area contributed by atoms with Crippen molar-refractivity contribution in [2.75, 3.05) is 13.2 Å². The maximum absolute atomic E-state index is 9.82. The van der Waals surface area contributed by atoms with Crippen LogP contribution in [0.4, 0.5) is 0 Å². The third-order valence-corrected chi connectivity index (χ3v) is 3.24. The number of aliphatic hydroxyl groups is 4. The molecule has 1 aliphatic heterocycles. The fourth-order valence-electron chi connectivity index (χ4n) is 2.33. The predicted molar refractivity (Wildman–Crippen MR) is 55.0 cm³/mol. The van der Waals surface area contributed by atoms with Crippen molar-refractivity contribution in [3.05, 3.63) is 0 Å². The smallest absolute Gasteiger partial charge is 0.186 e. The minimum Gasteiger partial charge on any atom is -0.475 e. The lowest BCUT2D eigenvalue weighted by Crippen LogP contribution is -2.52. The Kier molecular flexibility index (Phi) is 3.44. The van der Waals surface area contributed by atoms with Crippen LogP contribution >= 0.6 is 0 Å². The highest BCUT2D eigenvalue weighted by Gasteiger charge is 2.47. The van der Waals surface area contributed by atoms with Gasteiger partial charge in [-0.3, -0.25) is 0 Å². The first-order chi connectivity index (χ1) is 7.67. The van der Waals surface area contributed by atoms with E-state index in [9.17, 15) is 10.2 Å². The summed E-state index contributed by atoms with van der Waals surface area (Å²) in [6, 6.07) is -0.473. The number of hydrogen-bond donors (Lipinski definition) is 4. The van der Waals surface area contributed by atoms with Gasteiger partial charge in [0, 0.05) is 18.9 Å². The molecule has 0 spiro atoms. The number of hydrogen-bond acceptors (Lipinski definition) is 6. The average Bonchev–Trinajstić information content (AvgIpc) is 2.67. The Morgan fingerprint density at radius 3 is 2.62 bits per heavy atom. The largest absolute Gasteiger partial charge is 0.475 e. The van der Waals surface area contributed by atoms with Gasteiger partial charge < -0.3 is 25.2 Å². The Morgan fingerprint density at radius 1 is 1.25 bits per heavy atom. The van der Waals surface area contributed by atoms with E-state index in [0.717, 1.165) is 0 Å². The number of nitrogens with zero attached hydrogens (tertiary/aromatic N) is 1. The summed E-state index contributed by atoms with van der Waals surface area (Å²) in [6.07, 6.45) is -1.48. The zero-order valence-electron chi connectivity index (χ0n) is 8.86. The summed E-state index contributed by atoms with van der Waals surface area (Å²) in [5, 5.41) is 37.4. The molecule has 6 nitrogen and oxygen atoms in total. The van der Waals surface area contributed by atoms with Gasteiger partial charge in [-0.05, 0) is 6.42 Å². The van der Waals surface area contributed by atoms with Crippen LogP contribution in [-0.4, -0.2) is 63.9 Å². The molecule has 0 saturated heterocycles. The van der Waals surface area contributed by atoms with Crippen molar-refractivity contribution in [1.82, 2.24) is 0 Å². The minimum absolute atomic E-state index is 0.0552. The summed E-state index contributed by atoms with van der Waals surface area (Å²) < 4.78 is 5.46. The number of aliphatic hydroxyl groups excluding tert-OH is 4. The minimum atomic E-state index is -1.01. The highest BCUT2D eigenvalue weighted by Crippen LogP contribution is 2.33. The Labute approximate surface area is 93.2 Å². The fraction of sp³-hybridized carbons (Fsp3) is 0.900. The van der Waals surface area contributed by atoms with E-state index in [1.807, 2.05) is 0 Å². The molecule has 2 aliphatic rings.